The SMILES string of the molecule is CCOC(=O)c1cnc(SCC(=O)NC(=O)NCCc2cccs2)nc1N. The molecule has 11 heteroatoms. The smallest absolute Gasteiger partial charge is 0.343 e. The number of rotatable bonds is 8. The quantitative estimate of drug-likeness (QED) is 0.339. The van der Waals surface area contributed by atoms with Crippen LogP contribution >= 0.6 is 23.1 Å². The second kappa shape index (κ2) is 10.5. The molecule has 2 aromatic heterocycles. The molecule has 3 amide bonds. The second-order valence-electron chi connectivity index (χ2n) is 5.09. The Balaban J connectivity index is 1.73. The molecule has 0 saturated heterocycles. The van der Waals surface area contributed by atoms with Gasteiger partial charge in [-0.3, -0.25) is 10.1 Å². The van der Waals surface area contributed by atoms with Gasteiger partial charge in [-0.2, -0.15) is 0 Å². The molecule has 0 saturated carbocycles. The first kappa shape index (κ1) is 20.6. The van der Waals surface area contributed by atoms with Crippen molar-refractivity contribution in [1.82, 2.24) is 20.6 Å². The van der Waals surface area contributed by atoms with E-state index < -0.39 is 17.9 Å². The van der Waals surface area contributed by atoms with Gasteiger partial charge in [0.05, 0.1) is 12.4 Å². The molecule has 27 heavy (non-hydrogen) atoms. The molecule has 2 heterocycles. The van der Waals surface area contributed by atoms with Gasteiger partial charge >= 0.3 is 12.0 Å². The molecular weight excluding hydrogens is 390 g/mol. The summed E-state index contributed by atoms with van der Waals surface area (Å²) in [5.41, 5.74) is 5.77. The standard InChI is InChI=1S/C16H19N5O4S2/c1-2-25-14(23)11-8-19-16(21-13(11)17)27-9-12(22)20-15(24)18-6-5-10-4-3-7-26-10/h3-4,7-8H,2,5-6,9H2,1H3,(H2,17,19,21)(H2,18,20,22,24). The van der Waals surface area contributed by atoms with Crippen molar-refractivity contribution in [1.29, 1.82) is 0 Å². The average Bonchev–Trinajstić information content (AvgIpc) is 3.13. The maximum atomic E-state index is 11.8. The minimum Gasteiger partial charge on any atom is -0.462 e. The normalized spacial score (nSPS) is 10.3. The zero-order valence-electron chi connectivity index (χ0n) is 14.6. The number of imide groups is 1. The molecule has 9 nitrogen and oxygen atoms in total. The highest BCUT2D eigenvalue weighted by atomic mass is 32.2. The Hall–Kier alpha value is -2.66. The Labute approximate surface area is 164 Å². The van der Waals surface area contributed by atoms with E-state index in [9.17, 15) is 14.4 Å². The fraction of sp³-hybridized carbons (Fsp3) is 0.312. The Morgan fingerprint density at radius 2 is 2.19 bits per heavy atom. The summed E-state index contributed by atoms with van der Waals surface area (Å²) in [5.74, 6) is -1.21. The number of nitrogens with zero attached hydrogens (tertiary/aromatic N) is 2. The molecule has 2 aromatic rings. The number of ether oxygens (including phenoxy) is 1. The molecular formula is C16H19N5O4S2. The topological polar surface area (TPSA) is 136 Å². The van der Waals surface area contributed by atoms with Crippen LogP contribution in [0.25, 0.3) is 0 Å². The lowest BCUT2D eigenvalue weighted by Gasteiger charge is -2.07. The van der Waals surface area contributed by atoms with Crippen molar-refractivity contribution in [2.75, 3.05) is 24.6 Å². The molecule has 0 aromatic carbocycles. The number of hydrogen-bond donors (Lipinski definition) is 3. The molecule has 0 bridgehead atoms. The van der Waals surface area contributed by atoms with Gasteiger partial charge in [0, 0.05) is 17.6 Å². The maximum absolute atomic E-state index is 11.8. The van der Waals surface area contributed by atoms with E-state index in [-0.39, 0.29) is 28.9 Å². The van der Waals surface area contributed by atoms with E-state index in [1.54, 1.807) is 18.3 Å². The number of thiophene rings is 1. The Morgan fingerprint density at radius 1 is 1.37 bits per heavy atom. The predicted octanol–water partition coefficient (Wildman–Crippen LogP) is 1.46. The molecule has 0 spiro atoms. The van der Waals surface area contributed by atoms with Gasteiger partial charge in [0.15, 0.2) is 5.16 Å². The van der Waals surface area contributed by atoms with Crippen LogP contribution in [-0.2, 0) is 16.0 Å². The fourth-order valence-electron chi connectivity index (χ4n) is 1.90. The van der Waals surface area contributed by atoms with E-state index in [2.05, 4.69) is 20.6 Å². The van der Waals surface area contributed by atoms with Crippen molar-refractivity contribution in [3.05, 3.63) is 34.2 Å². The molecule has 0 fully saturated rings. The van der Waals surface area contributed by atoms with Crippen LogP contribution in [0.5, 0.6) is 0 Å². The number of carbonyl (C=O) groups excluding carboxylic acids is 3. The average molecular weight is 409 g/mol. The zero-order chi connectivity index (χ0) is 19.6. The Morgan fingerprint density at radius 3 is 2.85 bits per heavy atom. The molecule has 0 atom stereocenters. The van der Waals surface area contributed by atoms with Crippen molar-refractivity contribution >= 4 is 46.8 Å². The van der Waals surface area contributed by atoms with Gasteiger partial charge < -0.3 is 15.8 Å². The molecule has 0 aliphatic heterocycles. The van der Waals surface area contributed by atoms with Crippen molar-refractivity contribution in [3.63, 3.8) is 0 Å². The lowest BCUT2D eigenvalue weighted by atomic mass is 10.3. The van der Waals surface area contributed by atoms with E-state index in [0.717, 1.165) is 16.6 Å². The lowest BCUT2D eigenvalue weighted by molar-refractivity contribution is -0.117. The zero-order valence-corrected chi connectivity index (χ0v) is 16.2. The minimum atomic E-state index is -0.608. The first-order chi connectivity index (χ1) is 13.0. The van der Waals surface area contributed by atoms with Crippen molar-refractivity contribution < 1.29 is 19.1 Å². The third-order valence-corrected chi connectivity index (χ3v) is 4.91. The van der Waals surface area contributed by atoms with Gasteiger partial charge in [-0.25, -0.2) is 19.6 Å². The maximum Gasteiger partial charge on any atom is 0.343 e. The van der Waals surface area contributed by atoms with Gasteiger partial charge in [0.2, 0.25) is 5.91 Å². The van der Waals surface area contributed by atoms with Crippen LogP contribution < -0.4 is 16.4 Å². The lowest BCUT2D eigenvalue weighted by Crippen LogP contribution is -2.41. The number of carbonyl (C=O) groups is 3. The summed E-state index contributed by atoms with van der Waals surface area (Å²) in [5, 5.41) is 7.02. The number of amides is 3. The first-order valence-corrected chi connectivity index (χ1v) is 9.88. The fourth-order valence-corrected chi connectivity index (χ4v) is 3.24. The van der Waals surface area contributed by atoms with E-state index in [1.165, 1.54) is 6.20 Å². The molecule has 4 N–H and O–H groups in total. The molecule has 2 rings (SSSR count). The summed E-state index contributed by atoms with van der Waals surface area (Å²) in [6.45, 7) is 2.32. The molecule has 0 aliphatic carbocycles. The van der Waals surface area contributed by atoms with Crippen LogP contribution in [0, 0.1) is 0 Å². The summed E-state index contributed by atoms with van der Waals surface area (Å²) in [4.78, 5) is 44.2. The van der Waals surface area contributed by atoms with Gasteiger partial charge in [0.25, 0.3) is 0 Å². The number of aromatic nitrogens is 2. The summed E-state index contributed by atoms with van der Waals surface area (Å²) in [7, 11) is 0. The minimum absolute atomic E-state index is 0.0299. The van der Waals surface area contributed by atoms with Gasteiger partial charge in [-0.05, 0) is 24.8 Å². The summed E-state index contributed by atoms with van der Waals surface area (Å²) < 4.78 is 4.83. The monoisotopic (exact) mass is 409 g/mol. The molecule has 0 aliphatic rings. The Kier molecular flexibility index (Phi) is 8.01. The van der Waals surface area contributed by atoms with Gasteiger partial charge in [-0.15, -0.1) is 11.3 Å². The largest absolute Gasteiger partial charge is 0.462 e. The predicted molar refractivity (Wildman–Crippen MR) is 103 cm³/mol. The number of hydrogen-bond acceptors (Lipinski definition) is 9. The van der Waals surface area contributed by atoms with Crippen LogP contribution in [-0.4, -0.2) is 46.8 Å². The summed E-state index contributed by atoms with van der Waals surface area (Å²) in [6, 6.07) is 3.36. The number of urea groups is 1. The van der Waals surface area contributed by atoms with E-state index in [4.69, 9.17) is 10.5 Å². The third kappa shape index (κ3) is 6.87. The third-order valence-electron chi connectivity index (χ3n) is 3.11. The first-order valence-electron chi connectivity index (χ1n) is 8.02. The van der Waals surface area contributed by atoms with Crippen LogP contribution in [0.2, 0.25) is 0 Å². The molecule has 0 radical (unpaired) electrons. The highest BCUT2D eigenvalue weighted by Crippen LogP contribution is 2.16. The van der Waals surface area contributed by atoms with Crippen LogP contribution in [0.3, 0.4) is 0 Å². The number of nitrogens with one attached hydrogen (secondary N) is 2. The van der Waals surface area contributed by atoms with Gasteiger partial charge in [0.1, 0.15) is 11.4 Å². The highest BCUT2D eigenvalue weighted by molar-refractivity contribution is 7.99. The van der Waals surface area contributed by atoms with Crippen molar-refractivity contribution in [2.24, 2.45) is 0 Å². The number of esters is 1. The Bertz CT molecular complexity index is 798. The van der Waals surface area contributed by atoms with Crippen molar-refractivity contribution in [2.45, 2.75) is 18.5 Å². The van der Waals surface area contributed by atoms with E-state index in [0.29, 0.717) is 13.0 Å². The number of thioether (sulfide) groups is 1. The molecule has 0 unspecified atom stereocenters. The highest BCUT2D eigenvalue weighted by Gasteiger charge is 2.15. The van der Waals surface area contributed by atoms with Gasteiger partial charge in [-0.1, -0.05) is 17.8 Å². The van der Waals surface area contributed by atoms with E-state index in [1.807, 2.05) is 17.5 Å². The summed E-state index contributed by atoms with van der Waals surface area (Å²) in [6.07, 6.45) is 1.95. The second-order valence-corrected chi connectivity index (χ2v) is 7.07. The van der Waals surface area contributed by atoms with Crippen LogP contribution in [0.15, 0.2) is 28.9 Å². The number of anilines is 1. The van der Waals surface area contributed by atoms with Crippen molar-refractivity contribution in [3.8, 4) is 0 Å². The summed E-state index contributed by atoms with van der Waals surface area (Å²) >= 11 is 2.60. The number of nitrogen functional groups attached to an aromatic ring is 1. The van der Waals surface area contributed by atoms with E-state index >= 15 is 0 Å². The number of nitrogens with two attached hydrogens (primary N) is 1. The molecule has 144 valence electrons. The van der Waals surface area contributed by atoms with Crippen LogP contribution in [0.4, 0.5) is 10.6 Å². The van der Waals surface area contributed by atoms with Crippen LogP contribution in [0.1, 0.15) is 22.2 Å².